The lowest BCUT2D eigenvalue weighted by molar-refractivity contribution is 0.282. The van der Waals surface area contributed by atoms with Crippen LogP contribution in [0.25, 0.3) is 11.2 Å². The van der Waals surface area contributed by atoms with Crippen LogP contribution in [-0.4, -0.2) is 26.2 Å². The third-order valence-corrected chi connectivity index (χ3v) is 2.70. The van der Waals surface area contributed by atoms with E-state index in [-0.39, 0.29) is 0 Å². The largest absolute Gasteiger partial charge is 0.396 e. The van der Waals surface area contributed by atoms with Crippen molar-refractivity contribution in [2.45, 2.75) is 32.2 Å². The second-order valence-corrected chi connectivity index (χ2v) is 3.92. The Labute approximate surface area is 95.0 Å². The molecule has 86 valence electrons. The van der Waals surface area contributed by atoms with E-state index in [1.54, 1.807) is 6.20 Å². The van der Waals surface area contributed by atoms with Crippen molar-refractivity contribution >= 4 is 11.2 Å². The molecule has 4 heteroatoms. The van der Waals surface area contributed by atoms with Crippen molar-refractivity contribution < 1.29 is 5.11 Å². The topological polar surface area (TPSA) is 50.9 Å². The van der Waals surface area contributed by atoms with Gasteiger partial charge in [0.1, 0.15) is 0 Å². The van der Waals surface area contributed by atoms with Crippen LogP contribution in [0.1, 0.15) is 25.7 Å². The molecule has 0 aliphatic rings. The molecular formula is C12H17N3O. The summed E-state index contributed by atoms with van der Waals surface area (Å²) in [6.07, 6.45) is 7.90. The third-order valence-electron chi connectivity index (χ3n) is 2.70. The van der Waals surface area contributed by atoms with E-state index >= 15 is 0 Å². The molecule has 0 saturated heterocycles. The quantitative estimate of drug-likeness (QED) is 0.756. The molecule has 0 radical (unpaired) electrons. The fourth-order valence-electron chi connectivity index (χ4n) is 1.82. The highest BCUT2D eigenvalue weighted by Crippen LogP contribution is 2.10. The number of aliphatic hydroxyl groups excluding tert-OH is 1. The first-order valence-corrected chi connectivity index (χ1v) is 5.78. The highest BCUT2D eigenvalue weighted by atomic mass is 16.2. The van der Waals surface area contributed by atoms with Crippen LogP contribution in [0.15, 0.2) is 24.7 Å². The van der Waals surface area contributed by atoms with E-state index in [4.69, 9.17) is 5.11 Å². The van der Waals surface area contributed by atoms with Gasteiger partial charge in [-0.25, -0.2) is 9.97 Å². The number of imidazole rings is 1. The van der Waals surface area contributed by atoms with E-state index in [1.807, 2.05) is 18.5 Å². The van der Waals surface area contributed by atoms with Gasteiger partial charge < -0.3 is 9.67 Å². The Balaban J connectivity index is 1.89. The second kappa shape index (κ2) is 5.61. The molecule has 2 aromatic heterocycles. The van der Waals surface area contributed by atoms with Crippen molar-refractivity contribution in [3.8, 4) is 0 Å². The molecule has 0 aromatic carbocycles. The first-order chi connectivity index (χ1) is 7.92. The molecule has 0 unspecified atom stereocenters. The van der Waals surface area contributed by atoms with Crippen molar-refractivity contribution in [1.82, 2.24) is 14.5 Å². The third kappa shape index (κ3) is 2.58. The standard InChI is InChI=1S/C12H17N3O/c16-9-4-2-1-3-8-15-10-14-12-11(15)6-5-7-13-12/h5-7,10,16H,1-4,8-9H2. The first kappa shape index (κ1) is 11.1. The summed E-state index contributed by atoms with van der Waals surface area (Å²) in [7, 11) is 0. The molecule has 0 spiro atoms. The van der Waals surface area contributed by atoms with Gasteiger partial charge in [0.15, 0.2) is 5.65 Å². The minimum atomic E-state index is 0.303. The SMILES string of the molecule is OCCCCCCn1cnc2ncccc21. The number of aromatic nitrogens is 3. The zero-order valence-electron chi connectivity index (χ0n) is 9.34. The molecule has 0 aliphatic carbocycles. The van der Waals surface area contributed by atoms with Gasteiger partial charge in [0.25, 0.3) is 0 Å². The lowest BCUT2D eigenvalue weighted by Gasteiger charge is -2.03. The van der Waals surface area contributed by atoms with Gasteiger partial charge in [-0.05, 0) is 25.0 Å². The Morgan fingerprint density at radius 2 is 2.00 bits per heavy atom. The molecule has 4 nitrogen and oxygen atoms in total. The van der Waals surface area contributed by atoms with Gasteiger partial charge in [-0.15, -0.1) is 0 Å². The van der Waals surface area contributed by atoms with Gasteiger partial charge in [-0.3, -0.25) is 0 Å². The summed E-state index contributed by atoms with van der Waals surface area (Å²) in [4.78, 5) is 8.44. The molecule has 0 bridgehead atoms. The first-order valence-electron chi connectivity index (χ1n) is 5.78. The summed E-state index contributed by atoms with van der Waals surface area (Å²) >= 11 is 0. The summed E-state index contributed by atoms with van der Waals surface area (Å²) < 4.78 is 2.14. The lowest BCUT2D eigenvalue weighted by Crippen LogP contribution is -1.96. The number of pyridine rings is 1. The molecule has 1 N–H and O–H groups in total. The van der Waals surface area contributed by atoms with Gasteiger partial charge in [-0.1, -0.05) is 12.8 Å². The van der Waals surface area contributed by atoms with Crippen molar-refractivity contribution in [1.29, 1.82) is 0 Å². The van der Waals surface area contributed by atoms with Crippen LogP contribution >= 0.6 is 0 Å². The van der Waals surface area contributed by atoms with Gasteiger partial charge in [-0.2, -0.15) is 0 Å². The average molecular weight is 219 g/mol. The molecule has 0 fully saturated rings. The molecule has 2 heterocycles. The maximum absolute atomic E-state index is 8.67. The molecule has 2 rings (SSSR count). The van der Waals surface area contributed by atoms with Gasteiger partial charge in [0.05, 0.1) is 11.8 Å². The molecule has 16 heavy (non-hydrogen) atoms. The van der Waals surface area contributed by atoms with Crippen molar-refractivity contribution in [2.75, 3.05) is 6.61 Å². The monoisotopic (exact) mass is 219 g/mol. The Kier molecular flexibility index (Phi) is 3.88. The number of aryl methyl sites for hydroxylation is 1. The van der Waals surface area contributed by atoms with E-state index in [1.165, 1.54) is 0 Å². The smallest absolute Gasteiger partial charge is 0.177 e. The number of unbranched alkanes of at least 4 members (excludes halogenated alkanes) is 3. The van der Waals surface area contributed by atoms with Crippen LogP contribution < -0.4 is 0 Å². The summed E-state index contributed by atoms with van der Waals surface area (Å²) in [5.41, 5.74) is 1.92. The molecular weight excluding hydrogens is 202 g/mol. The van der Waals surface area contributed by atoms with Crippen LogP contribution in [0.4, 0.5) is 0 Å². The Hall–Kier alpha value is -1.42. The zero-order chi connectivity index (χ0) is 11.2. The summed E-state index contributed by atoms with van der Waals surface area (Å²) in [5.74, 6) is 0. The van der Waals surface area contributed by atoms with E-state index < -0.39 is 0 Å². The highest BCUT2D eigenvalue weighted by molar-refractivity contribution is 5.70. The number of aliphatic hydroxyl groups is 1. The zero-order valence-corrected chi connectivity index (χ0v) is 9.34. The fourth-order valence-corrected chi connectivity index (χ4v) is 1.82. The van der Waals surface area contributed by atoms with Crippen LogP contribution in [0.3, 0.4) is 0 Å². The number of rotatable bonds is 6. The molecule has 0 aliphatic heterocycles. The maximum atomic E-state index is 8.67. The minimum Gasteiger partial charge on any atom is -0.396 e. The number of nitrogens with zero attached hydrogens (tertiary/aromatic N) is 3. The van der Waals surface area contributed by atoms with E-state index in [0.717, 1.165) is 43.4 Å². The van der Waals surface area contributed by atoms with E-state index in [2.05, 4.69) is 14.5 Å². The Bertz CT molecular complexity index is 439. The van der Waals surface area contributed by atoms with Crippen LogP contribution in [-0.2, 0) is 6.54 Å². The van der Waals surface area contributed by atoms with Crippen molar-refractivity contribution in [2.24, 2.45) is 0 Å². The molecule has 0 atom stereocenters. The number of hydrogen-bond acceptors (Lipinski definition) is 3. The van der Waals surface area contributed by atoms with Crippen LogP contribution in [0.5, 0.6) is 0 Å². The van der Waals surface area contributed by atoms with E-state index in [0.29, 0.717) is 6.61 Å². The van der Waals surface area contributed by atoms with Gasteiger partial charge >= 0.3 is 0 Å². The average Bonchev–Trinajstić information content (AvgIpc) is 2.73. The molecule has 0 amide bonds. The van der Waals surface area contributed by atoms with Crippen molar-refractivity contribution in [3.63, 3.8) is 0 Å². The highest BCUT2D eigenvalue weighted by Gasteiger charge is 2.01. The fraction of sp³-hybridized carbons (Fsp3) is 0.500. The predicted octanol–water partition coefficient (Wildman–Crippen LogP) is 1.98. The summed E-state index contributed by atoms with van der Waals surface area (Å²) in [6, 6.07) is 3.98. The molecule has 0 saturated carbocycles. The summed E-state index contributed by atoms with van der Waals surface area (Å²) in [6.45, 7) is 1.28. The summed E-state index contributed by atoms with van der Waals surface area (Å²) in [5, 5.41) is 8.67. The second-order valence-electron chi connectivity index (χ2n) is 3.92. The Morgan fingerprint density at radius 1 is 1.12 bits per heavy atom. The number of fused-ring (bicyclic) bond motifs is 1. The van der Waals surface area contributed by atoms with Crippen LogP contribution in [0, 0.1) is 0 Å². The van der Waals surface area contributed by atoms with Crippen molar-refractivity contribution in [3.05, 3.63) is 24.7 Å². The Morgan fingerprint density at radius 3 is 2.88 bits per heavy atom. The normalized spacial score (nSPS) is 11.1. The van der Waals surface area contributed by atoms with E-state index in [9.17, 15) is 0 Å². The molecule has 2 aromatic rings. The number of hydrogen-bond donors (Lipinski definition) is 1. The maximum Gasteiger partial charge on any atom is 0.177 e. The van der Waals surface area contributed by atoms with Crippen LogP contribution in [0.2, 0.25) is 0 Å². The lowest BCUT2D eigenvalue weighted by atomic mass is 10.2. The van der Waals surface area contributed by atoms with Gasteiger partial charge in [0, 0.05) is 19.3 Å². The minimum absolute atomic E-state index is 0.303. The predicted molar refractivity (Wildman–Crippen MR) is 63.1 cm³/mol. The van der Waals surface area contributed by atoms with Gasteiger partial charge in [0.2, 0.25) is 0 Å².